The first-order chi connectivity index (χ1) is 13.8. The van der Waals surface area contributed by atoms with Crippen LogP contribution in [-0.2, 0) is 9.47 Å². The number of rotatable bonds is 7. The SMILES string of the molecule is CCOCC1=NNC2=C(/C3=C(\OCCC(C)(C)O)C/C=C\C=C(/C3)N=C2N)N1C. The molecule has 0 amide bonds. The second-order valence-corrected chi connectivity index (χ2v) is 7.84. The maximum atomic E-state index is 10.0. The summed E-state index contributed by atoms with van der Waals surface area (Å²) >= 11 is 0. The lowest BCUT2D eigenvalue weighted by Crippen LogP contribution is -2.41. The molecule has 0 saturated carbocycles. The van der Waals surface area contributed by atoms with Crippen LogP contribution in [0.15, 0.2) is 56.7 Å². The van der Waals surface area contributed by atoms with Crippen molar-refractivity contribution in [2.24, 2.45) is 15.8 Å². The van der Waals surface area contributed by atoms with Crippen molar-refractivity contribution in [1.29, 1.82) is 0 Å². The van der Waals surface area contributed by atoms with Gasteiger partial charge in [-0.3, -0.25) is 5.43 Å². The summed E-state index contributed by atoms with van der Waals surface area (Å²) in [6, 6.07) is 0. The lowest BCUT2D eigenvalue weighted by Gasteiger charge is -2.32. The first kappa shape index (κ1) is 21.1. The lowest BCUT2D eigenvalue weighted by molar-refractivity contribution is 0.0427. The number of nitrogens with one attached hydrogen (secondary N) is 1. The molecule has 0 spiro atoms. The van der Waals surface area contributed by atoms with E-state index >= 15 is 0 Å². The van der Waals surface area contributed by atoms with Crippen LogP contribution in [0.3, 0.4) is 0 Å². The molecular formula is C21H31N5O3. The molecule has 3 aliphatic rings. The van der Waals surface area contributed by atoms with Crippen molar-refractivity contribution in [3.63, 3.8) is 0 Å². The molecule has 0 atom stereocenters. The van der Waals surface area contributed by atoms with Crippen LogP contribution < -0.4 is 11.2 Å². The Hall–Kier alpha value is -2.58. The van der Waals surface area contributed by atoms with Crippen LogP contribution in [-0.4, -0.2) is 54.1 Å². The molecule has 3 rings (SSSR count). The normalized spacial score (nSPS) is 24.9. The standard InChI is InChI=1S/C21H31N5O3/c1-5-28-13-17-24-25-18-19(26(17)4)15-12-14(23-20(18)22)8-6-7-9-16(15)29-11-10-21(2,3)27/h6-8,25,27H,5,9-13H2,1-4H3,(H2,22,23)/b7-6-,14-8+,16-15-. The van der Waals surface area contributed by atoms with Crippen LogP contribution in [0, 0.1) is 0 Å². The van der Waals surface area contributed by atoms with E-state index < -0.39 is 5.60 Å². The van der Waals surface area contributed by atoms with E-state index in [9.17, 15) is 5.11 Å². The van der Waals surface area contributed by atoms with Crippen LogP contribution in [0.1, 0.15) is 40.0 Å². The van der Waals surface area contributed by atoms with Crippen LogP contribution in [0.25, 0.3) is 0 Å². The van der Waals surface area contributed by atoms with Crippen molar-refractivity contribution in [2.75, 3.05) is 26.9 Å². The van der Waals surface area contributed by atoms with Crippen LogP contribution in [0.2, 0.25) is 0 Å². The highest BCUT2D eigenvalue weighted by Gasteiger charge is 2.31. The number of nitrogens with zero attached hydrogens (tertiary/aromatic N) is 3. The molecule has 2 heterocycles. The van der Waals surface area contributed by atoms with Gasteiger partial charge < -0.3 is 25.2 Å². The van der Waals surface area contributed by atoms with Crippen molar-refractivity contribution in [3.8, 4) is 0 Å². The Kier molecular flexibility index (Phi) is 6.44. The third-order valence-corrected chi connectivity index (χ3v) is 4.91. The summed E-state index contributed by atoms with van der Waals surface area (Å²) in [6.07, 6.45) is 7.76. The fourth-order valence-electron chi connectivity index (χ4n) is 3.29. The summed E-state index contributed by atoms with van der Waals surface area (Å²) in [4.78, 5) is 6.58. The summed E-state index contributed by atoms with van der Waals surface area (Å²) < 4.78 is 11.7. The highest BCUT2D eigenvalue weighted by molar-refractivity contribution is 6.01. The minimum atomic E-state index is -0.782. The number of fused-ring (bicyclic) bond motifs is 3. The molecular weight excluding hydrogens is 370 g/mol. The summed E-state index contributed by atoms with van der Waals surface area (Å²) in [7, 11) is 1.95. The average Bonchev–Trinajstić information content (AvgIpc) is 2.79. The van der Waals surface area contributed by atoms with Crippen molar-refractivity contribution in [1.82, 2.24) is 10.3 Å². The number of hydrogen-bond donors (Lipinski definition) is 3. The quantitative estimate of drug-likeness (QED) is 0.604. The number of nitrogens with two attached hydrogens (primary N) is 1. The van der Waals surface area contributed by atoms with Gasteiger partial charge in [-0.1, -0.05) is 12.2 Å². The first-order valence-electron chi connectivity index (χ1n) is 9.96. The molecule has 0 radical (unpaired) electrons. The number of allylic oxidation sites excluding steroid dienone is 5. The van der Waals surface area contributed by atoms with Gasteiger partial charge in [0.1, 0.15) is 18.1 Å². The second-order valence-electron chi connectivity index (χ2n) is 7.84. The minimum Gasteiger partial charge on any atom is -0.497 e. The third-order valence-electron chi connectivity index (χ3n) is 4.91. The molecule has 0 saturated heterocycles. The van der Waals surface area contributed by atoms with E-state index in [-0.39, 0.29) is 0 Å². The zero-order valence-corrected chi connectivity index (χ0v) is 17.7. The minimum absolute atomic E-state index is 0.387. The largest absolute Gasteiger partial charge is 0.497 e. The number of aliphatic imine (C=N–C) groups is 1. The zero-order chi connectivity index (χ0) is 21.0. The zero-order valence-electron chi connectivity index (χ0n) is 17.7. The van der Waals surface area contributed by atoms with E-state index in [1.165, 1.54) is 0 Å². The predicted octanol–water partition coefficient (Wildman–Crippen LogP) is 2.12. The molecule has 0 aromatic heterocycles. The summed E-state index contributed by atoms with van der Waals surface area (Å²) in [5.74, 6) is 1.99. The van der Waals surface area contributed by atoms with Crippen molar-refractivity contribution < 1.29 is 14.6 Å². The number of amidine groups is 2. The maximum Gasteiger partial charge on any atom is 0.155 e. The molecule has 4 N–H and O–H groups in total. The van der Waals surface area contributed by atoms with Crippen LogP contribution >= 0.6 is 0 Å². The number of hydrogen-bond acceptors (Lipinski definition) is 8. The fourth-order valence-corrected chi connectivity index (χ4v) is 3.29. The molecule has 8 nitrogen and oxygen atoms in total. The van der Waals surface area contributed by atoms with Gasteiger partial charge in [-0.2, -0.15) is 5.10 Å². The van der Waals surface area contributed by atoms with Crippen LogP contribution in [0.5, 0.6) is 0 Å². The summed E-state index contributed by atoms with van der Waals surface area (Å²) in [5.41, 5.74) is 12.0. The van der Waals surface area contributed by atoms with Gasteiger partial charge in [0.25, 0.3) is 0 Å². The predicted molar refractivity (Wildman–Crippen MR) is 114 cm³/mol. The summed E-state index contributed by atoms with van der Waals surface area (Å²) in [6.45, 7) is 6.93. The highest BCUT2D eigenvalue weighted by atomic mass is 16.5. The second kappa shape index (κ2) is 8.84. The van der Waals surface area contributed by atoms with Gasteiger partial charge >= 0.3 is 0 Å². The Morgan fingerprint density at radius 2 is 2.17 bits per heavy atom. The van der Waals surface area contributed by atoms with E-state index in [2.05, 4.69) is 15.5 Å². The van der Waals surface area contributed by atoms with Gasteiger partial charge in [-0.15, -0.1) is 0 Å². The Balaban J connectivity index is 2.00. The Morgan fingerprint density at radius 3 is 2.90 bits per heavy atom. The topological polar surface area (TPSA) is 105 Å². The molecule has 29 heavy (non-hydrogen) atoms. The number of ether oxygens (including phenoxy) is 2. The van der Waals surface area contributed by atoms with Crippen molar-refractivity contribution in [3.05, 3.63) is 46.7 Å². The van der Waals surface area contributed by atoms with E-state index in [1.54, 1.807) is 13.8 Å². The monoisotopic (exact) mass is 401 g/mol. The molecule has 0 fully saturated rings. The third kappa shape index (κ3) is 5.07. The number of likely N-dealkylation sites (N-methyl/N-ethyl adjacent to an activating group) is 1. The summed E-state index contributed by atoms with van der Waals surface area (Å²) in [5, 5.41) is 14.5. The first-order valence-corrected chi connectivity index (χ1v) is 9.96. The number of aliphatic hydroxyl groups is 1. The molecule has 0 unspecified atom stereocenters. The fraction of sp³-hybridized carbons (Fsp3) is 0.524. The van der Waals surface area contributed by atoms with Gasteiger partial charge in [0.15, 0.2) is 11.7 Å². The van der Waals surface area contributed by atoms with Gasteiger partial charge in [0.2, 0.25) is 0 Å². The van der Waals surface area contributed by atoms with E-state index in [0.717, 1.165) is 28.6 Å². The molecule has 0 aromatic rings. The molecule has 1 aliphatic carbocycles. The van der Waals surface area contributed by atoms with Crippen molar-refractivity contribution >= 4 is 11.7 Å². The van der Waals surface area contributed by atoms with Gasteiger partial charge in [0, 0.05) is 44.2 Å². The van der Waals surface area contributed by atoms with Gasteiger partial charge in [-0.05, 0) is 26.8 Å². The maximum absolute atomic E-state index is 10.0. The smallest absolute Gasteiger partial charge is 0.155 e. The molecule has 2 aliphatic heterocycles. The Morgan fingerprint density at radius 1 is 1.38 bits per heavy atom. The molecule has 0 aromatic carbocycles. The average molecular weight is 402 g/mol. The molecule has 158 valence electrons. The van der Waals surface area contributed by atoms with E-state index in [0.29, 0.717) is 50.6 Å². The molecule has 2 bridgehead atoms. The molecule has 8 heteroatoms. The van der Waals surface area contributed by atoms with E-state index in [4.69, 9.17) is 15.2 Å². The van der Waals surface area contributed by atoms with Gasteiger partial charge in [0.05, 0.1) is 17.9 Å². The highest BCUT2D eigenvalue weighted by Crippen LogP contribution is 2.35. The van der Waals surface area contributed by atoms with Crippen LogP contribution in [0.4, 0.5) is 0 Å². The van der Waals surface area contributed by atoms with E-state index in [1.807, 2.05) is 37.1 Å². The number of hydrazone groups is 1. The van der Waals surface area contributed by atoms with Gasteiger partial charge in [-0.25, -0.2) is 4.99 Å². The van der Waals surface area contributed by atoms with Crippen molar-refractivity contribution in [2.45, 2.75) is 45.6 Å². The lowest BCUT2D eigenvalue weighted by atomic mass is 9.99. The Labute approximate surface area is 172 Å². The Bertz CT molecular complexity index is 828.